The zero-order valence-corrected chi connectivity index (χ0v) is 12.3. The maximum atomic E-state index is 13.1. The molecule has 122 valence electrons. The molecular formula is C14H15ClF4N2O. The third kappa shape index (κ3) is 4.71. The third-order valence-electron chi connectivity index (χ3n) is 3.17. The van der Waals surface area contributed by atoms with Crippen molar-refractivity contribution in [2.24, 2.45) is 0 Å². The minimum Gasteiger partial charge on any atom is -0.348 e. The molecule has 0 fully saturated rings. The summed E-state index contributed by atoms with van der Waals surface area (Å²) in [5.74, 6) is -2.04. The highest BCUT2D eigenvalue weighted by Gasteiger charge is 2.34. The summed E-state index contributed by atoms with van der Waals surface area (Å²) in [7, 11) is 0. The van der Waals surface area contributed by atoms with Gasteiger partial charge in [0.15, 0.2) is 0 Å². The number of rotatable bonds is 3. The van der Waals surface area contributed by atoms with E-state index in [4.69, 9.17) is 0 Å². The molecule has 0 bridgehead atoms. The smallest absolute Gasteiger partial charge is 0.348 e. The van der Waals surface area contributed by atoms with Crippen molar-refractivity contribution < 1.29 is 22.4 Å². The van der Waals surface area contributed by atoms with Crippen molar-refractivity contribution >= 4 is 18.3 Å². The van der Waals surface area contributed by atoms with E-state index in [0.717, 1.165) is 24.6 Å². The SMILES string of the molecule is Cl.O=C(NCC1=CCNCC1)c1ccc(F)c(C(F)(F)F)c1. The Bertz CT molecular complexity index is 572. The van der Waals surface area contributed by atoms with Crippen LogP contribution >= 0.6 is 12.4 Å². The van der Waals surface area contributed by atoms with Gasteiger partial charge >= 0.3 is 6.18 Å². The van der Waals surface area contributed by atoms with Crippen LogP contribution in [0, 0.1) is 5.82 Å². The number of hydrogen-bond donors (Lipinski definition) is 2. The summed E-state index contributed by atoms with van der Waals surface area (Å²) >= 11 is 0. The van der Waals surface area contributed by atoms with Crippen LogP contribution in [0.2, 0.25) is 0 Å². The quantitative estimate of drug-likeness (QED) is 0.657. The van der Waals surface area contributed by atoms with Gasteiger partial charge < -0.3 is 10.6 Å². The Hall–Kier alpha value is -1.60. The summed E-state index contributed by atoms with van der Waals surface area (Å²) in [4.78, 5) is 11.8. The Labute approximate surface area is 131 Å². The summed E-state index contributed by atoms with van der Waals surface area (Å²) in [5, 5.41) is 5.65. The molecule has 1 amide bonds. The molecule has 2 rings (SSSR count). The molecule has 0 atom stereocenters. The molecule has 1 aromatic carbocycles. The first-order valence-electron chi connectivity index (χ1n) is 6.41. The number of carbonyl (C=O) groups is 1. The fraction of sp³-hybridized carbons (Fsp3) is 0.357. The zero-order chi connectivity index (χ0) is 15.5. The van der Waals surface area contributed by atoms with E-state index in [0.29, 0.717) is 18.7 Å². The van der Waals surface area contributed by atoms with Crippen LogP contribution in [-0.2, 0) is 6.18 Å². The van der Waals surface area contributed by atoms with Crippen molar-refractivity contribution in [2.75, 3.05) is 19.6 Å². The van der Waals surface area contributed by atoms with Crippen LogP contribution in [0.1, 0.15) is 22.3 Å². The first-order valence-corrected chi connectivity index (χ1v) is 6.41. The van der Waals surface area contributed by atoms with Gasteiger partial charge in [0.25, 0.3) is 5.91 Å². The van der Waals surface area contributed by atoms with Gasteiger partial charge in [-0.1, -0.05) is 11.6 Å². The number of nitrogens with one attached hydrogen (secondary N) is 2. The van der Waals surface area contributed by atoms with Gasteiger partial charge in [-0.15, -0.1) is 12.4 Å². The monoisotopic (exact) mass is 338 g/mol. The predicted molar refractivity (Wildman–Crippen MR) is 76.6 cm³/mol. The van der Waals surface area contributed by atoms with E-state index in [-0.39, 0.29) is 24.5 Å². The lowest BCUT2D eigenvalue weighted by Gasteiger charge is -2.15. The lowest BCUT2D eigenvalue weighted by molar-refractivity contribution is -0.140. The molecular weight excluding hydrogens is 324 g/mol. The fourth-order valence-electron chi connectivity index (χ4n) is 2.01. The Morgan fingerprint density at radius 3 is 2.64 bits per heavy atom. The molecule has 0 aromatic heterocycles. The number of alkyl halides is 3. The molecule has 22 heavy (non-hydrogen) atoms. The van der Waals surface area contributed by atoms with Crippen LogP contribution in [0.25, 0.3) is 0 Å². The van der Waals surface area contributed by atoms with Crippen LogP contribution in [-0.4, -0.2) is 25.5 Å². The molecule has 0 unspecified atom stereocenters. The molecule has 3 nitrogen and oxygen atoms in total. The molecule has 0 aliphatic carbocycles. The fourth-order valence-corrected chi connectivity index (χ4v) is 2.01. The van der Waals surface area contributed by atoms with Gasteiger partial charge in [-0.2, -0.15) is 13.2 Å². The number of halogens is 5. The number of amides is 1. The van der Waals surface area contributed by atoms with Crippen molar-refractivity contribution in [3.63, 3.8) is 0 Å². The van der Waals surface area contributed by atoms with E-state index in [1.165, 1.54) is 0 Å². The van der Waals surface area contributed by atoms with Gasteiger partial charge in [-0.3, -0.25) is 4.79 Å². The van der Waals surface area contributed by atoms with Crippen molar-refractivity contribution in [1.29, 1.82) is 0 Å². The van der Waals surface area contributed by atoms with Crippen LogP contribution < -0.4 is 10.6 Å². The van der Waals surface area contributed by atoms with Crippen molar-refractivity contribution in [1.82, 2.24) is 10.6 Å². The molecule has 1 heterocycles. The van der Waals surface area contributed by atoms with E-state index in [1.54, 1.807) is 0 Å². The Morgan fingerprint density at radius 2 is 2.05 bits per heavy atom. The Morgan fingerprint density at radius 1 is 1.32 bits per heavy atom. The Balaban J connectivity index is 0.00000242. The molecule has 0 saturated heterocycles. The van der Waals surface area contributed by atoms with E-state index in [2.05, 4.69) is 10.6 Å². The first kappa shape index (κ1) is 18.4. The summed E-state index contributed by atoms with van der Waals surface area (Å²) in [6.45, 7) is 1.79. The second-order valence-corrected chi connectivity index (χ2v) is 4.69. The predicted octanol–water partition coefficient (Wildman–Crippen LogP) is 2.92. The minimum atomic E-state index is -4.82. The van der Waals surface area contributed by atoms with Gasteiger partial charge in [0.2, 0.25) is 0 Å². The highest BCUT2D eigenvalue weighted by Crippen LogP contribution is 2.31. The largest absolute Gasteiger partial charge is 0.419 e. The van der Waals surface area contributed by atoms with Crippen LogP contribution in [0.3, 0.4) is 0 Å². The molecule has 8 heteroatoms. The maximum absolute atomic E-state index is 13.1. The summed E-state index contributed by atoms with van der Waals surface area (Å²) in [6, 6.07) is 2.22. The average molecular weight is 339 g/mol. The molecule has 1 aliphatic rings. The second-order valence-electron chi connectivity index (χ2n) is 4.69. The van der Waals surface area contributed by atoms with Gasteiger partial charge in [0.05, 0.1) is 5.56 Å². The van der Waals surface area contributed by atoms with E-state index < -0.39 is 23.5 Å². The number of carbonyl (C=O) groups excluding carboxylic acids is 1. The molecule has 0 spiro atoms. The summed E-state index contributed by atoms with van der Waals surface area (Å²) < 4.78 is 50.9. The van der Waals surface area contributed by atoms with Crippen molar-refractivity contribution in [3.8, 4) is 0 Å². The van der Waals surface area contributed by atoms with Crippen LogP contribution in [0.4, 0.5) is 17.6 Å². The van der Waals surface area contributed by atoms with Gasteiger partial charge in [-0.25, -0.2) is 4.39 Å². The normalized spacial score (nSPS) is 14.8. The molecule has 0 radical (unpaired) electrons. The van der Waals surface area contributed by atoms with E-state index in [9.17, 15) is 22.4 Å². The van der Waals surface area contributed by atoms with Crippen molar-refractivity contribution in [3.05, 3.63) is 46.8 Å². The lowest BCUT2D eigenvalue weighted by Crippen LogP contribution is -2.29. The average Bonchev–Trinajstić information content (AvgIpc) is 2.45. The zero-order valence-electron chi connectivity index (χ0n) is 11.5. The van der Waals surface area contributed by atoms with Crippen LogP contribution in [0.15, 0.2) is 29.8 Å². The molecule has 2 N–H and O–H groups in total. The highest BCUT2D eigenvalue weighted by molar-refractivity contribution is 5.94. The van der Waals surface area contributed by atoms with E-state index in [1.807, 2.05) is 6.08 Å². The van der Waals surface area contributed by atoms with E-state index >= 15 is 0 Å². The van der Waals surface area contributed by atoms with Gasteiger partial charge in [-0.05, 0) is 31.2 Å². The maximum Gasteiger partial charge on any atom is 0.419 e. The summed E-state index contributed by atoms with van der Waals surface area (Å²) in [6.07, 6.45) is -2.12. The van der Waals surface area contributed by atoms with Crippen molar-refractivity contribution in [2.45, 2.75) is 12.6 Å². The third-order valence-corrected chi connectivity index (χ3v) is 3.17. The topological polar surface area (TPSA) is 41.1 Å². The summed E-state index contributed by atoms with van der Waals surface area (Å²) in [5.41, 5.74) is -0.630. The first-order chi connectivity index (χ1) is 9.88. The molecule has 1 aliphatic heterocycles. The molecule has 1 aromatic rings. The highest BCUT2D eigenvalue weighted by atomic mass is 35.5. The molecule has 0 saturated carbocycles. The lowest BCUT2D eigenvalue weighted by atomic mass is 10.1. The minimum absolute atomic E-state index is 0. The number of hydrogen-bond acceptors (Lipinski definition) is 2. The number of benzene rings is 1. The Kier molecular flexibility index (Phi) is 6.37. The second kappa shape index (κ2) is 7.60. The standard InChI is InChI=1S/C14H14F4N2O.ClH/c15-12-2-1-10(7-11(12)14(16,17)18)13(21)20-8-9-3-5-19-6-4-9;/h1-3,7,19H,4-6,8H2,(H,20,21);1H. The van der Waals surface area contributed by atoms with Gasteiger partial charge in [0.1, 0.15) is 5.82 Å². The van der Waals surface area contributed by atoms with Gasteiger partial charge in [0, 0.05) is 18.7 Å². The van der Waals surface area contributed by atoms with Crippen LogP contribution in [0.5, 0.6) is 0 Å².